The van der Waals surface area contributed by atoms with Gasteiger partial charge >= 0.3 is 0 Å². The summed E-state index contributed by atoms with van der Waals surface area (Å²) in [6.45, 7) is 7.92. The van der Waals surface area contributed by atoms with E-state index in [1.807, 2.05) is 33.8 Å². The summed E-state index contributed by atoms with van der Waals surface area (Å²) in [4.78, 5) is 0. The molecule has 1 nitrogen and oxygen atoms in total. The van der Waals surface area contributed by atoms with E-state index < -0.39 is 0 Å². The maximum Gasteiger partial charge on any atom is 0.145 e. The van der Waals surface area contributed by atoms with Gasteiger partial charge in [-0.15, -0.1) is 0 Å². The first-order valence-corrected chi connectivity index (χ1v) is 6.33. The molecule has 0 saturated heterocycles. The molecular formula is C14H21ClFN. The van der Waals surface area contributed by atoms with Crippen molar-refractivity contribution in [1.29, 1.82) is 0 Å². The number of nitrogens with two attached hydrogens (primary N) is 1. The fourth-order valence-corrected chi connectivity index (χ4v) is 1.97. The Kier molecular flexibility index (Phi) is 4.56. The van der Waals surface area contributed by atoms with Crippen LogP contribution in [-0.4, -0.2) is 6.04 Å². The molecule has 0 bridgehead atoms. The second kappa shape index (κ2) is 5.36. The molecule has 0 aliphatic rings. The third kappa shape index (κ3) is 3.97. The Balaban J connectivity index is 3.07. The Morgan fingerprint density at radius 3 is 2.41 bits per heavy atom. The summed E-state index contributed by atoms with van der Waals surface area (Å²) in [6.07, 6.45) is 1.71. The van der Waals surface area contributed by atoms with Gasteiger partial charge < -0.3 is 5.73 Å². The zero-order valence-corrected chi connectivity index (χ0v) is 11.7. The number of halogens is 2. The molecule has 0 aliphatic carbocycles. The highest BCUT2D eigenvalue weighted by Gasteiger charge is 2.21. The lowest BCUT2D eigenvalue weighted by molar-refractivity contribution is 0.521. The molecule has 96 valence electrons. The second-order valence-electron chi connectivity index (χ2n) is 5.71. The first-order chi connectivity index (χ1) is 7.71. The van der Waals surface area contributed by atoms with Crippen molar-refractivity contribution in [2.75, 3.05) is 0 Å². The van der Waals surface area contributed by atoms with Crippen LogP contribution in [-0.2, 0) is 11.8 Å². The van der Waals surface area contributed by atoms with Gasteiger partial charge in [-0.05, 0) is 42.4 Å². The Morgan fingerprint density at radius 2 is 1.94 bits per heavy atom. The summed E-state index contributed by atoms with van der Waals surface area (Å²) in [7, 11) is 0. The summed E-state index contributed by atoms with van der Waals surface area (Å²) in [6, 6.07) is 3.76. The molecule has 1 rings (SSSR count). The van der Waals surface area contributed by atoms with E-state index in [0.717, 1.165) is 18.4 Å². The number of rotatable bonds is 3. The number of hydrogen-bond acceptors (Lipinski definition) is 1. The summed E-state index contributed by atoms with van der Waals surface area (Å²) in [5, 5.41) is 0.206. The van der Waals surface area contributed by atoms with Crippen molar-refractivity contribution >= 4 is 11.6 Å². The Labute approximate surface area is 108 Å². The van der Waals surface area contributed by atoms with E-state index in [0.29, 0.717) is 5.56 Å². The lowest BCUT2D eigenvalue weighted by atomic mass is 9.85. The van der Waals surface area contributed by atoms with Crippen molar-refractivity contribution in [2.24, 2.45) is 5.73 Å². The van der Waals surface area contributed by atoms with Gasteiger partial charge in [-0.1, -0.05) is 38.4 Å². The van der Waals surface area contributed by atoms with Gasteiger partial charge in [-0.25, -0.2) is 4.39 Å². The fourth-order valence-electron chi connectivity index (χ4n) is 1.73. The quantitative estimate of drug-likeness (QED) is 0.868. The van der Waals surface area contributed by atoms with Gasteiger partial charge in [0.2, 0.25) is 0 Å². The van der Waals surface area contributed by atoms with Gasteiger partial charge in [-0.3, -0.25) is 0 Å². The molecule has 3 heteroatoms. The van der Waals surface area contributed by atoms with Gasteiger partial charge in [0, 0.05) is 6.04 Å². The van der Waals surface area contributed by atoms with E-state index in [4.69, 9.17) is 17.3 Å². The van der Waals surface area contributed by atoms with E-state index >= 15 is 0 Å². The molecule has 0 unspecified atom stereocenters. The van der Waals surface area contributed by atoms with Crippen molar-refractivity contribution in [1.82, 2.24) is 0 Å². The van der Waals surface area contributed by atoms with E-state index in [9.17, 15) is 4.39 Å². The smallest absolute Gasteiger partial charge is 0.145 e. The van der Waals surface area contributed by atoms with Crippen LogP contribution in [0, 0.1) is 5.82 Å². The van der Waals surface area contributed by atoms with Crippen molar-refractivity contribution in [3.8, 4) is 0 Å². The highest BCUT2D eigenvalue weighted by atomic mass is 35.5. The molecule has 1 atom stereocenters. The van der Waals surface area contributed by atoms with Gasteiger partial charge in [-0.2, -0.15) is 0 Å². The van der Waals surface area contributed by atoms with Gasteiger partial charge in [0.1, 0.15) is 5.82 Å². The van der Waals surface area contributed by atoms with Crippen molar-refractivity contribution in [2.45, 2.75) is 52.0 Å². The minimum atomic E-state index is -0.302. The van der Waals surface area contributed by atoms with E-state index in [2.05, 4.69) is 0 Å². The van der Waals surface area contributed by atoms with Crippen LogP contribution in [0.2, 0.25) is 5.02 Å². The van der Waals surface area contributed by atoms with Crippen molar-refractivity contribution in [3.05, 3.63) is 34.1 Å². The lowest BCUT2D eigenvalue weighted by Gasteiger charge is -2.21. The predicted molar refractivity (Wildman–Crippen MR) is 72.1 cm³/mol. The maximum absolute atomic E-state index is 13.9. The van der Waals surface area contributed by atoms with Crippen molar-refractivity contribution in [3.63, 3.8) is 0 Å². The Bertz CT molecular complexity index is 394. The minimum Gasteiger partial charge on any atom is -0.328 e. The standard InChI is InChI=1S/C14H21ClFN/c1-9(17)5-6-10-7-11(14(2,3)4)13(16)12(15)8-10/h7-9H,5-6,17H2,1-4H3/t9-/m0/s1. The zero-order chi connectivity index (χ0) is 13.2. The topological polar surface area (TPSA) is 26.0 Å². The van der Waals surface area contributed by atoms with E-state index in [1.165, 1.54) is 0 Å². The molecule has 0 heterocycles. The second-order valence-corrected chi connectivity index (χ2v) is 6.11. The lowest BCUT2D eigenvalue weighted by Crippen LogP contribution is -2.17. The highest BCUT2D eigenvalue weighted by molar-refractivity contribution is 6.30. The highest BCUT2D eigenvalue weighted by Crippen LogP contribution is 2.30. The van der Waals surface area contributed by atoms with Crippen LogP contribution >= 0.6 is 11.6 Å². The predicted octanol–water partition coefficient (Wildman–Crippen LogP) is 4.06. The van der Waals surface area contributed by atoms with Crippen LogP contribution in [0.4, 0.5) is 4.39 Å². The average molecular weight is 258 g/mol. The summed E-state index contributed by atoms with van der Waals surface area (Å²) in [5.41, 5.74) is 7.21. The number of aryl methyl sites for hydroxylation is 1. The van der Waals surface area contributed by atoms with Crippen LogP contribution in [0.3, 0.4) is 0 Å². The Morgan fingerprint density at radius 1 is 1.35 bits per heavy atom. The summed E-state index contributed by atoms with van der Waals surface area (Å²) in [5.74, 6) is -0.302. The first kappa shape index (κ1) is 14.5. The van der Waals surface area contributed by atoms with Gasteiger partial charge in [0.25, 0.3) is 0 Å². The third-order valence-electron chi connectivity index (χ3n) is 2.78. The number of benzene rings is 1. The van der Waals surface area contributed by atoms with Crippen LogP contribution in [0.5, 0.6) is 0 Å². The molecule has 1 aromatic carbocycles. The van der Waals surface area contributed by atoms with E-state index in [-0.39, 0.29) is 22.3 Å². The van der Waals surface area contributed by atoms with Crippen LogP contribution in [0.15, 0.2) is 12.1 Å². The molecular weight excluding hydrogens is 237 g/mol. The molecule has 0 saturated carbocycles. The molecule has 0 amide bonds. The monoisotopic (exact) mass is 257 g/mol. The van der Waals surface area contributed by atoms with E-state index in [1.54, 1.807) is 6.07 Å². The van der Waals surface area contributed by atoms with Crippen LogP contribution in [0.1, 0.15) is 45.2 Å². The van der Waals surface area contributed by atoms with Crippen LogP contribution in [0.25, 0.3) is 0 Å². The molecule has 0 radical (unpaired) electrons. The SMILES string of the molecule is C[C@H](N)CCc1cc(Cl)c(F)c(C(C)(C)C)c1. The normalized spacial score (nSPS) is 13.8. The Hall–Kier alpha value is -0.600. The van der Waals surface area contributed by atoms with Crippen molar-refractivity contribution < 1.29 is 4.39 Å². The molecule has 0 aromatic heterocycles. The fraction of sp³-hybridized carbons (Fsp3) is 0.571. The summed E-state index contributed by atoms with van der Waals surface area (Å²) < 4.78 is 13.9. The largest absolute Gasteiger partial charge is 0.328 e. The average Bonchev–Trinajstić information content (AvgIpc) is 2.17. The molecule has 0 fully saturated rings. The zero-order valence-electron chi connectivity index (χ0n) is 11.0. The van der Waals surface area contributed by atoms with Gasteiger partial charge in [0.05, 0.1) is 5.02 Å². The van der Waals surface area contributed by atoms with Gasteiger partial charge in [0.15, 0.2) is 0 Å². The van der Waals surface area contributed by atoms with Crippen LogP contribution < -0.4 is 5.73 Å². The third-order valence-corrected chi connectivity index (χ3v) is 3.06. The molecule has 0 aliphatic heterocycles. The molecule has 0 spiro atoms. The number of hydrogen-bond donors (Lipinski definition) is 1. The maximum atomic E-state index is 13.9. The molecule has 17 heavy (non-hydrogen) atoms. The first-order valence-electron chi connectivity index (χ1n) is 5.96. The minimum absolute atomic E-state index is 0.150. The molecule has 2 N–H and O–H groups in total. The molecule has 1 aromatic rings. The summed E-state index contributed by atoms with van der Waals surface area (Å²) >= 11 is 5.93.